The van der Waals surface area contributed by atoms with Crippen molar-refractivity contribution < 1.29 is 9.53 Å². The van der Waals surface area contributed by atoms with Gasteiger partial charge in [0, 0.05) is 12.1 Å². The lowest BCUT2D eigenvalue weighted by atomic mass is 10.0. The minimum atomic E-state index is -0.269. The summed E-state index contributed by atoms with van der Waals surface area (Å²) in [6, 6.07) is 16.2. The van der Waals surface area contributed by atoms with E-state index in [0.717, 1.165) is 59.1 Å². The summed E-state index contributed by atoms with van der Waals surface area (Å²) < 4.78 is 4.59. The standard InChI is InChI=1S/C13H14N2O2.C10H10N2/c1-17-13(16)8-15-12-6-5-10-9(7-14)3-2-4-11(10)12;11-6-7-2-1-3-9-8(7)4-5-10(9)12/h2-4,12,15H,5-6,8H2,1H3;1-3,10H,4-5,12H2/t12-;10-/m00/s1. The molecular weight excluding hydrogens is 364 g/mol. The monoisotopic (exact) mass is 388 g/mol. The molecule has 0 saturated heterocycles. The Kier molecular flexibility index (Phi) is 6.61. The number of carbonyl (C=O) groups is 1. The number of nitrogens with zero attached hydrogens (tertiary/aromatic N) is 2. The van der Waals surface area contributed by atoms with Crippen molar-refractivity contribution in [1.82, 2.24) is 5.32 Å². The number of esters is 1. The van der Waals surface area contributed by atoms with Crippen LogP contribution in [0.3, 0.4) is 0 Å². The second kappa shape index (κ2) is 9.34. The van der Waals surface area contributed by atoms with Crippen LogP contribution in [0.25, 0.3) is 0 Å². The van der Waals surface area contributed by atoms with E-state index in [1.54, 1.807) is 0 Å². The molecule has 0 spiro atoms. The number of fused-ring (bicyclic) bond motifs is 2. The van der Waals surface area contributed by atoms with Gasteiger partial charge in [-0.1, -0.05) is 24.3 Å². The average Bonchev–Trinajstić information content (AvgIpc) is 3.36. The molecule has 0 unspecified atom stereocenters. The van der Waals surface area contributed by atoms with Crippen molar-refractivity contribution in [2.45, 2.75) is 37.8 Å². The number of ether oxygens (including phenoxy) is 1. The fourth-order valence-electron chi connectivity index (χ4n) is 4.04. The van der Waals surface area contributed by atoms with E-state index in [4.69, 9.17) is 16.3 Å². The highest BCUT2D eigenvalue weighted by Gasteiger charge is 2.24. The molecule has 2 aliphatic carbocycles. The molecule has 3 N–H and O–H groups in total. The smallest absolute Gasteiger partial charge is 0.319 e. The Bertz CT molecular complexity index is 987. The molecule has 0 fully saturated rings. The molecule has 4 rings (SSSR count). The first-order valence-electron chi connectivity index (χ1n) is 9.68. The topological polar surface area (TPSA) is 112 Å². The van der Waals surface area contributed by atoms with Gasteiger partial charge in [0.05, 0.1) is 36.9 Å². The average molecular weight is 388 g/mol. The van der Waals surface area contributed by atoms with Crippen molar-refractivity contribution in [3.63, 3.8) is 0 Å². The molecule has 2 aromatic carbocycles. The van der Waals surface area contributed by atoms with Crippen LogP contribution in [0.4, 0.5) is 0 Å². The Balaban J connectivity index is 0.000000176. The Morgan fingerprint density at radius 2 is 1.66 bits per heavy atom. The predicted octanol–water partition coefficient (Wildman–Crippen LogP) is 2.81. The second-order valence-electron chi connectivity index (χ2n) is 7.16. The number of hydrogen-bond donors (Lipinski definition) is 2. The van der Waals surface area contributed by atoms with Gasteiger partial charge >= 0.3 is 5.97 Å². The fourth-order valence-corrected chi connectivity index (χ4v) is 4.04. The minimum absolute atomic E-state index is 0.147. The number of nitrogens with one attached hydrogen (secondary N) is 1. The van der Waals surface area contributed by atoms with Gasteiger partial charge in [0.1, 0.15) is 0 Å². The summed E-state index contributed by atoms with van der Waals surface area (Å²) in [5.41, 5.74) is 12.0. The highest BCUT2D eigenvalue weighted by molar-refractivity contribution is 5.71. The van der Waals surface area contributed by atoms with Crippen LogP contribution in [0.2, 0.25) is 0 Å². The first-order valence-corrected chi connectivity index (χ1v) is 9.68. The molecule has 6 heteroatoms. The number of rotatable bonds is 3. The van der Waals surface area contributed by atoms with Gasteiger partial charge < -0.3 is 15.8 Å². The predicted molar refractivity (Wildman–Crippen MR) is 109 cm³/mol. The summed E-state index contributed by atoms with van der Waals surface area (Å²) in [7, 11) is 1.38. The van der Waals surface area contributed by atoms with Gasteiger partial charge in [-0.15, -0.1) is 0 Å². The van der Waals surface area contributed by atoms with E-state index < -0.39 is 0 Å². The largest absolute Gasteiger partial charge is 0.468 e. The summed E-state index contributed by atoms with van der Waals surface area (Å²) in [6.45, 7) is 0.206. The summed E-state index contributed by atoms with van der Waals surface area (Å²) in [4.78, 5) is 11.1. The second-order valence-corrected chi connectivity index (χ2v) is 7.16. The van der Waals surface area contributed by atoms with Crippen LogP contribution in [0, 0.1) is 22.7 Å². The molecule has 29 heavy (non-hydrogen) atoms. The van der Waals surface area contributed by atoms with Crippen LogP contribution in [0.5, 0.6) is 0 Å². The van der Waals surface area contributed by atoms with Crippen molar-refractivity contribution >= 4 is 5.97 Å². The van der Waals surface area contributed by atoms with Gasteiger partial charge in [-0.2, -0.15) is 10.5 Å². The van der Waals surface area contributed by atoms with Crippen molar-refractivity contribution in [3.8, 4) is 12.1 Å². The molecule has 2 atom stereocenters. The molecule has 0 bridgehead atoms. The summed E-state index contributed by atoms with van der Waals surface area (Å²) >= 11 is 0. The van der Waals surface area contributed by atoms with Crippen molar-refractivity contribution in [2.24, 2.45) is 5.73 Å². The molecule has 0 heterocycles. The zero-order valence-electron chi connectivity index (χ0n) is 16.4. The summed E-state index contributed by atoms with van der Waals surface area (Å²) in [5.74, 6) is -0.269. The number of nitriles is 2. The molecule has 6 nitrogen and oxygen atoms in total. The Labute approximate surface area is 170 Å². The Hall–Kier alpha value is -3.19. The zero-order valence-corrected chi connectivity index (χ0v) is 16.4. The van der Waals surface area contributed by atoms with Crippen molar-refractivity contribution in [1.29, 1.82) is 10.5 Å². The molecule has 148 valence electrons. The van der Waals surface area contributed by atoms with E-state index in [1.807, 2.05) is 36.4 Å². The van der Waals surface area contributed by atoms with Crippen LogP contribution in [-0.4, -0.2) is 19.6 Å². The Morgan fingerprint density at radius 3 is 2.28 bits per heavy atom. The molecular formula is C23H24N4O2. The molecule has 0 aromatic heterocycles. The van der Waals surface area contributed by atoms with Crippen molar-refractivity contribution in [3.05, 3.63) is 69.8 Å². The van der Waals surface area contributed by atoms with Crippen LogP contribution in [0.15, 0.2) is 36.4 Å². The molecule has 0 amide bonds. The first kappa shape index (κ1) is 20.5. The molecule has 2 aliphatic rings. The van der Waals surface area contributed by atoms with Crippen LogP contribution >= 0.6 is 0 Å². The number of carbonyl (C=O) groups excluding carboxylic acids is 1. The maximum absolute atomic E-state index is 11.1. The van der Waals surface area contributed by atoms with E-state index in [0.29, 0.717) is 0 Å². The highest BCUT2D eigenvalue weighted by atomic mass is 16.5. The maximum Gasteiger partial charge on any atom is 0.319 e. The lowest BCUT2D eigenvalue weighted by Gasteiger charge is -2.12. The van der Waals surface area contributed by atoms with Gasteiger partial charge in [0.15, 0.2) is 0 Å². The first-order chi connectivity index (χ1) is 14.1. The summed E-state index contributed by atoms with van der Waals surface area (Å²) in [5, 5.41) is 21.0. The number of methoxy groups -OCH3 is 1. The van der Waals surface area contributed by atoms with Gasteiger partial charge in [0.2, 0.25) is 0 Å². The van der Waals surface area contributed by atoms with Gasteiger partial charge in [-0.25, -0.2) is 0 Å². The van der Waals surface area contributed by atoms with E-state index >= 15 is 0 Å². The fraction of sp³-hybridized carbons (Fsp3) is 0.348. The van der Waals surface area contributed by atoms with Gasteiger partial charge in [-0.3, -0.25) is 4.79 Å². The van der Waals surface area contributed by atoms with Crippen LogP contribution in [0.1, 0.15) is 58.3 Å². The third-order valence-electron chi connectivity index (χ3n) is 5.55. The van der Waals surface area contributed by atoms with Crippen molar-refractivity contribution in [2.75, 3.05) is 13.7 Å². The molecule has 0 saturated carbocycles. The number of nitrogens with two attached hydrogens (primary N) is 1. The van der Waals surface area contributed by atoms with Gasteiger partial charge in [0.25, 0.3) is 0 Å². The van der Waals surface area contributed by atoms with Gasteiger partial charge in [-0.05, 0) is 60.1 Å². The lowest BCUT2D eigenvalue weighted by Crippen LogP contribution is -2.27. The van der Waals surface area contributed by atoms with E-state index in [9.17, 15) is 4.79 Å². The zero-order chi connectivity index (χ0) is 20.8. The quantitative estimate of drug-likeness (QED) is 0.782. The molecule has 0 aliphatic heterocycles. The van der Waals surface area contributed by atoms with Crippen LogP contribution < -0.4 is 11.1 Å². The molecule has 2 aromatic rings. The number of hydrogen-bond acceptors (Lipinski definition) is 6. The van der Waals surface area contributed by atoms with E-state index in [-0.39, 0.29) is 24.6 Å². The third kappa shape index (κ3) is 4.46. The number of benzene rings is 2. The van der Waals surface area contributed by atoms with E-state index in [2.05, 4.69) is 22.2 Å². The minimum Gasteiger partial charge on any atom is -0.468 e. The van der Waals surface area contributed by atoms with Crippen LogP contribution in [-0.2, 0) is 22.4 Å². The highest BCUT2D eigenvalue weighted by Crippen LogP contribution is 2.33. The summed E-state index contributed by atoms with van der Waals surface area (Å²) in [6.07, 6.45) is 3.75. The molecule has 0 radical (unpaired) electrons. The normalized spacial score (nSPS) is 18.5. The lowest BCUT2D eigenvalue weighted by molar-refractivity contribution is -0.139. The Morgan fingerprint density at radius 1 is 1.07 bits per heavy atom. The third-order valence-corrected chi connectivity index (χ3v) is 5.55. The van der Waals surface area contributed by atoms with E-state index in [1.165, 1.54) is 7.11 Å². The SMILES string of the molecule is COC(=O)CN[C@H]1CCc2c(C#N)cccc21.N#Cc1cccc2c1CC[C@@H]2N. The maximum atomic E-state index is 11.1.